The molecule has 1 fully saturated rings. The normalized spacial score (nSPS) is 28.7. The van der Waals surface area contributed by atoms with E-state index >= 15 is 0 Å². The minimum Gasteiger partial charge on any atom is -0.479 e. The Morgan fingerprint density at radius 2 is 2.38 bits per heavy atom. The van der Waals surface area contributed by atoms with Crippen LogP contribution in [0.1, 0.15) is 13.3 Å². The van der Waals surface area contributed by atoms with E-state index < -0.39 is 11.6 Å². The predicted octanol–water partition coefficient (Wildman–Crippen LogP) is -1.14. The van der Waals surface area contributed by atoms with Gasteiger partial charge >= 0.3 is 5.97 Å². The molecule has 0 aromatic rings. The molecule has 1 aliphatic heterocycles. The summed E-state index contributed by atoms with van der Waals surface area (Å²) in [6.07, 6.45) is 0.871. The Bertz CT molecular complexity index is 206. The summed E-state index contributed by atoms with van der Waals surface area (Å²) in [5.74, 6) is -1.19. The molecule has 5 heteroatoms. The van der Waals surface area contributed by atoms with Gasteiger partial charge in [0.1, 0.15) is 0 Å². The minimum absolute atomic E-state index is 0.115. The maximum absolute atomic E-state index is 10.6. The van der Waals surface area contributed by atoms with Gasteiger partial charge in [-0.15, -0.1) is 0 Å². The van der Waals surface area contributed by atoms with Crippen molar-refractivity contribution in [3.8, 4) is 0 Å². The first-order chi connectivity index (χ1) is 5.92. The molecule has 0 spiro atoms. The average Bonchev–Trinajstić information content (AvgIpc) is 2.34. The van der Waals surface area contributed by atoms with Gasteiger partial charge in [0.15, 0.2) is 5.60 Å². The van der Waals surface area contributed by atoms with Crippen molar-refractivity contribution in [1.29, 1.82) is 0 Å². The van der Waals surface area contributed by atoms with Gasteiger partial charge in [0.2, 0.25) is 0 Å². The second kappa shape index (κ2) is 3.61. The van der Waals surface area contributed by atoms with Crippen molar-refractivity contribution in [3.63, 3.8) is 0 Å². The summed E-state index contributed by atoms with van der Waals surface area (Å²) in [5.41, 5.74) is 3.99. The topological polar surface area (TPSA) is 86.8 Å². The van der Waals surface area contributed by atoms with E-state index in [1.54, 1.807) is 0 Å². The second-order valence-corrected chi connectivity index (χ2v) is 3.86. The van der Waals surface area contributed by atoms with E-state index in [-0.39, 0.29) is 12.6 Å². The summed E-state index contributed by atoms with van der Waals surface area (Å²) < 4.78 is 0. The van der Waals surface area contributed by atoms with Crippen molar-refractivity contribution in [3.05, 3.63) is 0 Å². The summed E-state index contributed by atoms with van der Waals surface area (Å²) in [7, 11) is 0. The molecule has 0 aliphatic carbocycles. The molecule has 0 radical (unpaired) electrons. The largest absolute Gasteiger partial charge is 0.479 e. The van der Waals surface area contributed by atoms with E-state index in [1.807, 2.05) is 4.90 Å². The number of β-amino-alcohol motifs (C(OH)–C–C–N with tert-alkyl or cyclic N) is 1. The maximum Gasteiger partial charge on any atom is 0.336 e. The smallest absolute Gasteiger partial charge is 0.336 e. The number of rotatable bonds is 3. The second-order valence-electron chi connectivity index (χ2n) is 3.86. The Kier molecular flexibility index (Phi) is 2.90. The molecule has 0 aromatic heterocycles. The highest BCUT2D eigenvalue weighted by Crippen LogP contribution is 2.12. The molecule has 1 rings (SSSR count). The van der Waals surface area contributed by atoms with Gasteiger partial charge in [-0.2, -0.15) is 0 Å². The van der Waals surface area contributed by atoms with Gasteiger partial charge in [0, 0.05) is 19.1 Å². The molecule has 1 saturated heterocycles. The summed E-state index contributed by atoms with van der Waals surface area (Å²) in [6, 6.07) is 0.115. The molecule has 2 atom stereocenters. The van der Waals surface area contributed by atoms with E-state index in [9.17, 15) is 9.90 Å². The number of carbonyl (C=O) groups is 1. The number of nitrogens with two attached hydrogens (primary N) is 1. The molecular weight excluding hydrogens is 172 g/mol. The first-order valence-corrected chi connectivity index (χ1v) is 4.35. The quantitative estimate of drug-likeness (QED) is 0.521. The monoisotopic (exact) mass is 188 g/mol. The average molecular weight is 188 g/mol. The van der Waals surface area contributed by atoms with Crippen molar-refractivity contribution in [2.24, 2.45) is 5.73 Å². The van der Waals surface area contributed by atoms with Gasteiger partial charge < -0.3 is 15.9 Å². The predicted molar refractivity (Wildman–Crippen MR) is 47.3 cm³/mol. The number of hydrogen-bond acceptors (Lipinski definition) is 4. The number of carboxylic acids is 1. The highest BCUT2D eigenvalue weighted by Gasteiger charge is 2.34. The molecule has 13 heavy (non-hydrogen) atoms. The Morgan fingerprint density at radius 3 is 2.77 bits per heavy atom. The molecule has 0 saturated carbocycles. The Labute approximate surface area is 77.1 Å². The van der Waals surface area contributed by atoms with Crippen molar-refractivity contribution >= 4 is 5.97 Å². The molecule has 0 aromatic carbocycles. The third-order valence-corrected chi connectivity index (χ3v) is 2.30. The number of likely N-dealkylation sites (tertiary alicyclic amines) is 1. The summed E-state index contributed by atoms with van der Waals surface area (Å²) in [4.78, 5) is 12.5. The Hall–Kier alpha value is -0.650. The molecule has 1 unspecified atom stereocenters. The lowest BCUT2D eigenvalue weighted by Gasteiger charge is -2.24. The lowest BCUT2D eigenvalue weighted by atomic mass is 10.1. The van der Waals surface area contributed by atoms with Crippen LogP contribution in [-0.2, 0) is 4.79 Å². The highest BCUT2D eigenvalue weighted by molar-refractivity contribution is 5.76. The van der Waals surface area contributed by atoms with Crippen LogP contribution in [0.2, 0.25) is 0 Å². The van der Waals surface area contributed by atoms with Crippen LogP contribution >= 0.6 is 0 Å². The van der Waals surface area contributed by atoms with Crippen LogP contribution in [-0.4, -0.2) is 52.4 Å². The summed E-state index contributed by atoms with van der Waals surface area (Å²) in [5, 5.41) is 18.1. The Morgan fingerprint density at radius 1 is 1.77 bits per heavy atom. The van der Waals surface area contributed by atoms with E-state index in [0.717, 1.165) is 13.0 Å². The van der Waals surface area contributed by atoms with Crippen LogP contribution in [0, 0.1) is 0 Å². The zero-order chi connectivity index (χ0) is 10.1. The third-order valence-electron chi connectivity index (χ3n) is 2.30. The van der Waals surface area contributed by atoms with Crippen molar-refractivity contribution < 1.29 is 15.0 Å². The number of hydrogen-bond donors (Lipinski definition) is 3. The fourth-order valence-corrected chi connectivity index (χ4v) is 1.51. The molecule has 4 N–H and O–H groups in total. The fourth-order valence-electron chi connectivity index (χ4n) is 1.51. The number of aliphatic carboxylic acids is 1. The Balaban J connectivity index is 2.44. The maximum atomic E-state index is 10.6. The van der Waals surface area contributed by atoms with Crippen LogP contribution in [0.15, 0.2) is 0 Å². The van der Waals surface area contributed by atoms with Gasteiger partial charge in [-0.05, 0) is 19.9 Å². The number of nitrogens with zero attached hydrogens (tertiary/aromatic N) is 1. The van der Waals surface area contributed by atoms with E-state index in [2.05, 4.69) is 0 Å². The van der Waals surface area contributed by atoms with Crippen LogP contribution in [0.3, 0.4) is 0 Å². The SMILES string of the molecule is CC(O)(CN1CC[C@H](N)C1)C(=O)O. The third kappa shape index (κ3) is 2.65. The fraction of sp³-hybridized carbons (Fsp3) is 0.875. The van der Waals surface area contributed by atoms with Gasteiger partial charge in [0.25, 0.3) is 0 Å². The standard InChI is InChI=1S/C8H16N2O3/c1-8(13,7(11)12)5-10-3-2-6(9)4-10/h6,13H,2-5,9H2,1H3,(H,11,12)/t6-,8?/m0/s1. The lowest BCUT2D eigenvalue weighted by molar-refractivity contribution is -0.158. The minimum atomic E-state index is -1.66. The van der Waals surface area contributed by atoms with Gasteiger partial charge in [-0.3, -0.25) is 4.90 Å². The van der Waals surface area contributed by atoms with Gasteiger partial charge in [0.05, 0.1) is 0 Å². The molecule has 1 aliphatic rings. The number of aliphatic hydroxyl groups is 1. The molecule has 1 heterocycles. The van der Waals surface area contributed by atoms with Crippen LogP contribution in [0.4, 0.5) is 0 Å². The lowest BCUT2D eigenvalue weighted by Crippen LogP contribution is -2.46. The highest BCUT2D eigenvalue weighted by atomic mass is 16.4. The van der Waals surface area contributed by atoms with Gasteiger partial charge in [-0.1, -0.05) is 0 Å². The van der Waals surface area contributed by atoms with Crippen molar-refractivity contribution in [2.45, 2.75) is 25.0 Å². The summed E-state index contributed by atoms with van der Waals surface area (Å²) >= 11 is 0. The van der Waals surface area contributed by atoms with E-state index in [0.29, 0.717) is 6.54 Å². The zero-order valence-electron chi connectivity index (χ0n) is 7.73. The van der Waals surface area contributed by atoms with Gasteiger partial charge in [-0.25, -0.2) is 4.79 Å². The number of carboxylic acid groups (broad SMARTS) is 1. The van der Waals surface area contributed by atoms with E-state index in [1.165, 1.54) is 6.92 Å². The summed E-state index contributed by atoms with van der Waals surface area (Å²) in [6.45, 7) is 2.89. The van der Waals surface area contributed by atoms with Crippen LogP contribution < -0.4 is 5.73 Å². The molecule has 76 valence electrons. The molecule has 5 nitrogen and oxygen atoms in total. The van der Waals surface area contributed by atoms with Crippen LogP contribution in [0.25, 0.3) is 0 Å². The van der Waals surface area contributed by atoms with Crippen LogP contribution in [0.5, 0.6) is 0 Å². The first-order valence-electron chi connectivity index (χ1n) is 4.35. The molecule has 0 bridgehead atoms. The molecular formula is C8H16N2O3. The molecule has 0 amide bonds. The van der Waals surface area contributed by atoms with Crippen molar-refractivity contribution in [1.82, 2.24) is 4.90 Å². The van der Waals surface area contributed by atoms with E-state index in [4.69, 9.17) is 10.8 Å². The zero-order valence-corrected chi connectivity index (χ0v) is 7.73. The first kappa shape index (κ1) is 10.4. The van der Waals surface area contributed by atoms with Crippen molar-refractivity contribution in [2.75, 3.05) is 19.6 Å².